The number of para-hydroxylation sites is 1. The molecular weight excluding hydrogens is 356 g/mol. The van der Waals surface area contributed by atoms with Gasteiger partial charge < -0.3 is 9.64 Å². The number of hydrogen-bond donors (Lipinski definition) is 0. The van der Waals surface area contributed by atoms with Crippen molar-refractivity contribution in [3.63, 3.8) is 0 Å². The fourth-order valence-electron chi connectivity index (χ4n) is 3.55. The van der Waals surface area contributed by atoms with Crippen LogP contribution < -0.4 is 4.74 Å². The molecule has 2 aromatic heterocycles. The molecule has 1 fully saturated rings. The number of methoxy groups -OCH3 is 1. The average molecular weight is 378 g/mol. The van der Waals surface area contributed by atoms with Crippen molar-refractivity contribution in [3.8, 4) is 17.1 Å². The van der Waals surface area contributed by atoms with Gasteiger partial charge in [0.1, 0.15) is 5.75 Å². The van der Waals surface area contributed by atoms with Crippen LogP contribution >= 0.6 is 0 Å². The molecule has 0 aliphatic carbocycles. The second-order valence-electron chi connectivity index (χ2n) is 6.87. The van der Waals surface area contributed by atoms with Gasteiger partial charge >= 0.3 is 0 Å². The van der Waals surface area contributed by atoms with Gasteiger partial charge in [-0.25, -0.2) is 0 Å². The first-order chi connectivity index (χ1) is 13.7. The van der Waals surface area contributed by atoms with Gasteiger partial charge in [0, 0.05) is 31.0 Å². The molecule has 0 unspecified atom stereocenters. The Kier molecular flexibility index (Phi) is 5.27. The number of likely N-dealkylation sites (tertiary alicyclic amines) is 1. The highest BCUT2D eigenvalue weighted by Gasteiger charge is 2.27. The Morgan fingerprint density at radius 3 is 2.96 bits per heavy atom. The van der Waals surface area contributed by atoms with Crippen LogP contribution in [0.25, 0.3) is 11.4 Å². The predicted octanol–water partition coefficient (Wildman–Crippen LogP) is 2.30. The van der Waals surface area contributed by atoms with Crippen molar-refractivity contribution in [1.82, 2.24) is 30.1 Å². The molecule has 0 radical (unpaired) electrons. The lowest BCUT2D eigenvalue weighted by Gasteiger charge is -2.32. The number of hydrogen-bond acceptors (Lipinski definition) is 6. The van der Waals surface area contributed by atoms with E-state index >= 15 is 0 Å². The van der Waals surface area contributed by atoms with E-state index < -0.39 is 0 Å². The number of rotatable bonds is 5. The summed E-state index contributed by atoms with van der Waals surface area (Å²) < 4.78 is 5.34. The zero-order valence-corrected chi connectivity index (χ0v) is 15.7. The van der Waals surface area contributed by atoms with Crippen molar-refractivity contribution in [1.29, 1.82) is 0 Å². The zero-order chi connectivity index (χ0) is 19.3. The predicted molar refractivity (Wildman–Crippen MR) is 103 cm³/mol. The number of piperidine rings is 1. The lowest BCUT2D eigenvalue weighted by atomic mass is 9.97. The molecule has 3 aromatic rings. The van der Waals surface area contributed by atoms with Crippen LogP contribution in [-0.4, -0.2) is 56.2 Å². The Hall–Kier alpha value is -3.29. The quantitative estimate of drug-likeness (QED) is 0.677. The van der Waals surface area contributed by atoms with Gasteiger partial charge in [-0.1, -0.05) is 12.1 Å². The van der Waals surface area contributed by atoms with Gasteiger partial charge in [-0.2, -0.15) is 4.80 Å². The number of carbonyl (C=O) groups is 1. The molecule has 0 bridgehead atoms. The number of tetrazole rings is 1. The van der Waals surface area contributed by atoms with Crippen LogP contribution in [0.5, 0.6) is 5.75 Å². The first-order valence-electron chi connectivity index (χ1n) is 9.35. The van der Waals surface area contributed by atoms with Crippen molar-refractivity contribution < 1.29 is 9.53 Å². The summed E-state index contributed by atoms with van der Waals surface area (Å²) in [5, 5.41) is 12.7. The number of carbonyl (C=O) groups excluding carboxylic acids is 1. The van der Waals surface area contributed by atoms with Crippen LogP contribution in [0.2, 0.25) is 0 Å². The summed E-state index contributed by atoms with van der Waals surface area (Å²) in [4.78, 5) is 20.6. The van der Waals surface area contributed by atoms with E-state index in [1.807, 2.05) is 41.3 Å². The molecule has 1 aliphatic rings. The van der Waals surface area contributed by atoms with E-state index in [4.69, 9.17) is 4.74 Å². The summed E-state index contributed by atoms with van der Waals surface area (Å²) in [5.74, 6) is 1.45. The van der Waals surface area contributed by atoms with E-state index in [0.717, 1.165) is 24.9 Å². The van der Waals surface area contributed by atoms with Crippen molar-refractivity contribution >= 4 is 5.91 Å². The summed E-state index contributed by atoms with van der Waals surface area (Å²) in [5.41, 5.74) is 1.44. The molecule has 4 rings (SSSR count). The summed E-state index contributed by atoms with van der Waals surface area (Å²) in [6.07, 6.45) is 5.41. The molecule has 8 nitrogen and oxygen atoms in total. The van der Waals surface area contributed by atoms with Gasteiger partial charge in [0.25, 0.3) is 5.91 Å². The van der Waals surface area contributed by atoms with Crippen LogP contribution in [0.15, 0.2) is 48.8 Å². The number of pyridine rings is 1. The van der Waals surface area contributed by atoms with E-state index in [0.29, 0.717) is 30.2 Å². The summed E-state index contributed by atoms with van der Waals surface area (Å²) in [7, 11) is 1.58. The molecule has 0 saturated carbocycles. The van der Waals surface area contributed by atoms with Gasteiger partial charge in [0.15, 0.2) is 0 Å². The van der Waals surface area contributed by atoms with E-state index in [9.17, 15) is 4.79 Å². The molecule has 3 heterocycles. The molecular formula is C20H22N6O2. The molecule has 8 heteroatoms. The van der Waals surface area contributed by atoms with Gasteiger partial charge in [-0.3, -0.25) is 9.78 Å². The highest BCUT2D eigenvalue weighted by molar-refractivity contribution is 5.97. The largest absolute Gasteiger partial charge is 0.496 e. The third kappa shape index (κ3) is 3.85. The average Bonchev–Trinajstić information content (AvgIpc) is 3.22. The maximum absolute atomic E-state index is 13.0. The SMILES string of the molecule is COc1ccccc1C(=O)N1CCC[C@H](Cn2nnc(-c3cccnc3)n2)C1. The number of aromatic nitrogens is 5. The summed E-state index contributed by atoms with van der Waals surface area (Å²) in [6, 6.07) is 11.1. The Bertz CT molecular complexity index is 943. The van der Waals surface area contributed by atoms with Crippen LogP contribution in [0, 0.1) is 5.92 Å². The first-order valence-corrected chi connectivity index (χ1v) is 9.35. The zero-order valence-electron chi connectivity index (χ0n) is 15.7. The molecule has 0 N–H and O–H groups in total. The molecule has 0 spiro atoms. The molecule has 1 atom stereocenters. The molecule has 28 heavy (non-hydrogen) atoms. The van der Waals surface area contributed by atoms with Crippen LogP contribution in [-0.2, 0) is 6.54 Å². The van der Waals surface area contributed by atoms with Crippen LogP contribution in [0.4, 0.5) is 0 Å². The minimum absolute atomic E-state index is 0.00440. The highest BCUT2D eigenvalue weighted by atomic mass is 16.5. The third-order valence-electron chi connectivity index (χ3n) is 4.94. The van der Waals surface area contributed by atoms with E-state index in [1.165, 1.54) is 0 Å². The molecule has 1 saturated heterocycles. The van der Waals surface area contributed by atoms with Crippen LogP contribution in [0.1, 0.15) is 23.2 Å². The highest BCUT2D eigenvalue weighted by Crippen LogP contribution is 2.24. The second-order valence-corrected chi connectivity index (χ2v) is 6.87. The normalized spacial score (nSPS) is 16.8. The molecule has 1 aliphatic heterocycles. The molecule has 1 aromatic carbocycles. The first kappa shape index (κ1) is 18.1. The summed E-state index contributed by atoms with van der Waals surface area (Å²) in [6.45, 7) is 2.04. The second kappa shape index (κ2) is 8.16. The fraction of sp³-hybridized carbons (Fsp3) is 0.350. The van der Waals surface area contributed by atoms with Crippen molar-refractivity contribution in [3.05, 3.63) is 54.4 Å². The van der Waals surface area contributed by atoms with Crippen molar-refractivity contribution in [2.24, 2.45) is 5.92 Å². The van der Waals surface area contributed by atoms with Crippen molar-refractivity contribution in [2.45, 2.75) is 19.4 Å². The van der Waals surface area contributed by atoms with Gasteiger partial charge in [-0.15, -0.1) is 10.2 Å². The Morgan fingerprint density at radius 2 is 2.14 bits per heavy atom. The van der Waals surface area contributed by atoms with Crippen molar-refractivity contribution in [2.75, 3.05) is 20.2 Å². The monoisotopic (exact) mass is 378 g/mol. The van der Waals surface area contributed by atoms with Gasteiger partial charge in [0.2, 0.25) is 5.82 Å². The lowest BCUT2D eigenvalue weighted by molar-refractivity contribution is 0.0652. The minimum Gasteiger partial charge on any atom is -0.496 e. The number of amides is 1. The minimum atomic E-state index is 0.00440. The maximum Gasteiger partial charge on any atom is 0.257 e. The van der Waals surface area contributed by atoms with E-state index in [1.54, 1.807) is 24.3 Å². The Balaban J connectivity index is 1.43. The standard InChI is InChI=1S/C20H22N6O2/c1-28-18-9-3-2-8-17(18)20(27)25-11-5-6-15(13-25)14-26-23-19(22-24-26)16-7-4-10-21-12-16/h2-4,7-10,12,15H,5-6,11,13-14H2,1H3/t15-/m0/s1. The summed E-state index contributed by atoms with van der Waals surface area (Å²) >= 11 is 0. The maximum atomic E-state index is 13.0. The number of ether oxygens (including phenoxy) is 1. The molecule has 1 amide bonds. The Morgan fingerprint density at radius 1 is 1.25 bits per heavy atom. The topological polar surface area (TPSA) is 86.0 Å². The molecule has 144 valence electrons. The van der Waals surface area contributed by atoms with Crippen LogP contribution in [0.3, 0.4) is 0 Å². The van der Waals surface area contributed by atoms with Gasteiger partial charge in [-0.05, 0) is 48.2 Å². The number of benzene rings is 1. The smallest absolute Gasteiger partial charge is 0.257 e. The Labute approximate surface area is 163 Å². The fourth-order valence-corrected chi connectivity index (χ4v) is 3.55. The third-order valence-corrected chi connectivity index (χ3v) is 4.94. The van der Waals surface area contributed by atoms with Gasteiger partial charge in [0.05, 0.1) is 19.2 Å². The van der Waals surface area contributed by atoms with E-state index in [-0.39, 0.29) is 11.8 Å². The number of nitrogens with zero attached hydrogens (tertiary/aromatic N) is 6. The van der Waals surface area contributed by atoms with E-state index in [2.05, 4.69) is 20.4 Å². The lowest BCUT2D eigenvalue weighted by Crippen LogP contribution is -2.41.